The third-order valence-electron chi connectivity index (χ3n) is 6.59. The van der Waals surface area contributed by atoms with Crippen LogP contribution in [0.1, 0.15) is 55.4 Å². The van der Waals surface area contributed by atoms with E-state index in [4.69, 9.17) is 22.9 Å². The number of nitrogens with zero attached hydrogens (tertiary/aromatic N) is 4. The van der Waals surface area contributed by atoms with Crippen molar-refractivity contribution in [2.75, 3.05) is 18.0 Å². The van der Waals surface area contributed by atoms with Gasteiger partial charge in [0.1, 0.15) is 23.5 Å². The predicted molar refractivity (Wildman–Crippen MR) is 126 cm³/mol. The summed E-state index contributed by atoms with van der Waals surface area (Å²) in [6.45, 7) is 8.64. The van der Waals surface area contributed by atoms with E-state index in [9.17, 15) is 9.59 Å². The van der Waals surface area contributed by atoms with Crippen LogP contribution in [0, 0.1) is 18.4 Å². The van der Waals surface area contributed by atoms with Crippen LogP contribution in [0.25, 0.3) is 4.85 Å². The molecule has 1 aromatic heterocycles. The first kappa shape index (κ1) is 23.2. The number of carbonyl (C=O) groups excluding carboxylic acids is 2. The second kappa shape index (κ2) is 10.8. The van der Waals surface area contributed by atoms with Gasteiger partial charge >= 0.3 is 0 Å². The first-order valence-corrected chi connectivity index (χ1v) is 11.8. The molecule has 33 heavy (non-hydrogen) atoms. The van der Waals surface area contributed by atoms with Crippen LogP contribution in [0.15, 0.2) is 30.6 Å². The second-order valence-electron chi connectivity index (χ2n) is 8.83. The predicted octanol–water partition coefficient (Wildman–Crippen LogP) is 5.31. The SMILES string of the molecule is [C-]#[N+]c1ccc(OC2CCC(CC(=O)c3cnc(N4CCC(C=O)CC4)cn3)CC2)cc1Cl. The van der Waals surface area contributed by atoms with Gasteiger partial charge in [-0.3, -0.25) is 4.79 Å². The maximum atomic E-state index is 12.7. The van der Waals surface area contributed by atoms with Gasteiger partial charge in [-0.1, -0.05) is 17.7 Å². The van der Waals surface area contributed by atoms with Gasteiger partial charge in [-0.25, -0.2) is 14.8 Å². The smallest absolute Gasteiger partial charge is 0.205 e. The standard InChI is InChI=1S/C25H27ClN4O3/c1-27-22-7-6-20(13-21(22)26)33-19-4-2-17(3-5-19)12-24(32)23-14-29-25(15-28-23)30-10-8-18(16-31)9-11-30/h6-7,13-19H,2-5,8-12H2. The highest BCUT2D eigenvalue weighted by molar-refractivity contribution is 6.33. The number of halogens is 1. The minimum absolute atomic E-state index is 0.0274. The molecule has 1 aliphatic heterocycles. The Morgan fingerprint density at radius 3 is 2.52 bits per heavy atom. The van der Waals surface area contributed by atoms with Gasteiger partial charge in [-0.15, -0.1) is 0 Å². The molecule has 0 N–H and O–H groups in total. The Hall–Kier alpha value is -2.98. The number of hydrogen-bond donors (Lipinski definition) is 0. The molecule has 2 aliphatic rings. The van der Waals surface area contributed by atoms with Crippen molar-refractivity contribution >= 4 is 35.2 Å². The van der Waals surface area contributed by atoms with Gasteiger partial charge in [0, 0.05) is 25.4 Å². The monoisotopic (exact) mass is 466 g/mol. The van der Waals surface area contributed by atoms with Crippen LogP contribution in [0.5, 0.6) is 5.75 Å². The number of hydrogen-bond acceptors (Lipinski definition) is 6. The molecule has 1 aromatic carbocycles. The Bertz CT molecular complexity index is 1020. The van der Waals surface area contributed by atoms with Crippen molar-refractivity contribution in [2.24, 2.45) is 11.8 Å². The summed E-state index contributed by atoms with van der Waals surface area (Å²) in [6, 6.07) is 5.15. The normalized spacial score (nSPS) is 21.3. The lowest BCUT2D eigenvalue weighted by Gasteiger charge is -2.30. The summed E-state index contributed by atoms with van der Waals surface area (Å²) in [5.74, 6) is 1.92. The number of rotatable bonds is 7. The third kappa shape index (κ3) is 5.88. The van der Waals surface area contributed by atoms with Crippen LogP contribution in [0.4, 0.5) is 11.5 Å². The molecule has 4 rings (SSSR count). The van der Waals surface area contributed by atoms with Crippen LogP contribution < -0.4 is 9.64 Å². The molecule has 1 saturated heterocycles. The fourth-order valence-electron chi connectivity index (χ4n) is 4.56. The first-order chi connectivity index (χ1) is 16.1. The second-order valence-corrected chi connectivity index (χ2v) is 9.24. The highest BCUT2D eigenvalue weighted by Crippen LogP contribution is 2.33. The molecule has 0 atom stereocenters. The Morgan fingerprint density at radius 1 is 1.15 bits per heavy atom. The van der Waals surface area contributed by atoms with Crippen LogP contribution in [-0.2, 0) is 4.79 Å². The number of Topliss-reactive ketones (excluding diaryl/α,β-unsaturated/α-hetero) is 1. The van der Waals surface area contributed by atoms with E-state index in [1.165, 1.54) is 0 Å². The summed E-state index contributed by atoms with van der Waals surface area (Å²) in [7, 11) is 0. The minimum atomic E-state index is 0.0274. The van der Waals surface area contributed by atoms with Gasteiger partial charge in [0.2, 0.25) is 5.69 Å². The molecule has 2 aromatic rings. The van der Waals surface area contributed by atoms with Gasteiger partial charge in [0.15, 0.2) is 5.78 Å². The van der Waals surface area contributed by atoms with Crippen molar-refractivity contribution in [1.29, 1.82) is 0 Å². The Kier molecular flexibility index (Phi) is 7.56. The molecule has 2 fully saturated rings. The first-order valence-electron chi connectivity index (χ1n) is 11.4. The van der Waals surface area contributed by atoms with Crippen molar-refractivity contribution in [3.8, 4) is 5.75 Å². The molecule has 0 radical (unpaired) electrons. The van der Waals surface area contributed by atoms with E-state index >= 15 is 0 Å². The quantitative estimate of drug-likeness (QED) is 0.313. The van der Waals surface area contributed by atoms with Gasteiger partial charge in [0.05, 0.1) is 30.1 Å². The van der Waals surface area contributed by atoms with E-state index < -0.39 is 0 Å². The summed E-state index contributed by atoms with van der Waals surface area (Å²) < 4.78 is 6.04. The molecule has 0 bridgehead atoms. The Labute approximate surface area is 198 Å². The van der Waals surface area contributed by atoms with Gasteiger partial charge in [-0.2, -0.15) is 0 Å². The van der Waals surface area contributed by atoms with E-state index in [1.54, 1.807) is 30.6 Å². The average Bonchev–Trinajstić information content (AvgIpc) is 2.85. The zero-order valence-corrected chi connectivity index (χ0v) is 19.2. The topological polar surface area (TPSA) is 76.8 Å². The van der Waals surface area contributed by atoms with Crippen molar-refractivity contribution < 1.29 is 14.3 Å². The Balaban J connectivity index is 1.24. The molecular formula is C25H27ClN4O3. The van der Waals surface area contributed by atoms with Gasteiger partial charge in [-0.05, 0) is 56.6 Å². The molecule has 1 saturated carbocycles. The summed E-state index contributed by atoms with van der Waals surface area (Å²) in [5, 5.41) is 0.402. The molecule has 0 amide bonds. The van der Waals surface area contributed by atoms with E-state index in [0.717, 1.165) is 63.7 Å². The van der Waals surface area contributed by atoms with Crippen molar-refractivity contribution in [1.82, 2.24) is 9.97 Å². The van der Waals surface area contributed by atoms with Crippen molar-refractivity contribution in [2.45, 2.75) is 51.0 Å². The van der Waals surface area contributed by atoms with Crippen molar-refractivity contribution in [3.63, 3.8) is 0 Å². The fraction of sp³-hybridized carbons (Fsp3) is 0.480. The van der Waals surface area contributed by atoms with Crippen molar-refractivity contribution in [3.05, 3.63) is 52.7 Å². The average molecular weight is 467 g/mol. The lowest BCUT2D eigenvalue weighted by atomic mass is 9.84. The third-order valence-corrected chi connectivity index (χ3v) is 6.89. The summed E-state index contributed by atoms with van der Waals surface area (Å²) in [6.07, 6.45) is 10.1. The maximum Gasteiger partial charge on any atom is 0.205 e. The lowest BCUT2D eigenvalue weighted by Crippen LogP contribution is -2.34. The maximum absolute atomic E-state index is 12.7. The molecule has 8 heteroatoms. The number of aldehydes is 1. The molecular weight excluding hydrogens is 440 g/mol. The highest BCUT2D eigenvalue weighted by atomic mass is 35.5. The molecule has 0 unspecified atom stereocenters. The minimum Gasteiger partial charge on any atom is -0.490 e. The summed E-state index contributed by atoms with van der Waals surface area (Å²) >= 11 is 6.09. The van der Waals surface area contributed by atoms with E-state index in [-0.39, 0.29) is 17.8 Å². The zero-order valence-electron chi connectivity index (χ0n) is 18.5. The highest BCUT2D eigenvalue weighted by Gasteiger charge is 2.26. The number of piperidine rings is 1. The zero-order chi connectivity index (χ0) is 23.2. The van der Waals surface area contributed by atoms with Crippen LogP contribution in [0.2, 0.25) is 5.02 Å². The number of carbonyl (C=O) groups is 2. The summed E-state index contributed by atoms with van der Waals surface area (Å²) in [4.78, 5) is 37.9. The van der Waals surface area contributed by atoms with Gasteiger partial charge < -0.3 is 14.4 Å². The van der Waals surface area contributed by atoms with E-state index in [0.29, 0.717) is 34.5 Å². The molecule has 2 heterocycles. The molecule has 1 aliphatic carbocycles. The Morgan fingerprint density at radius 2 is 1.91 bits per heavy atom. The fourth-order valence-corrected chi connectivity index (χ4v) is 4.77. The largest absolute Gasteiger partial charge is 0.490 e. The van der Waals surface area contributed by atoms with Crippen LogP contribution in [-0.4, -0.2) is 41.2 Å². The van der Waals surface area contributed by atoms with Crippen LogP contribution >= 0.6 is 11.6 Å². The van der Waals surface area contributed by atoms with E-state index in [2.05, 4.69) is 19.7 Å². The number of anilines is 1. The lowest BCUT2D eigenvalue weighted by molar-refractivity contribution is -0.111. The number of ketones is 1. The summed E-state index contributed by atoms with van der Waals surface area (Å²) in [5.41, 5.74) is 0.833. The molecule has 0 spiro atoms. The van der Waals surface area contributed by atoms with Crippen LogP contribution in [0.3, 0.4) is 0 Å². The molecule has 172 valence electrons. The number of benzene rings is 1. The number of aromatic nitrogens is 2. The van der Waals surface area contributed by atoms with Gasteiger partial charge in [0.25, 0.3) is 0 Å². The number of ether oxygens (including phenoxy) is 1. The van der Waals surface area contributed by atoms with E-state index in [1.807, 2.05) is 0 Å². The molecule has 7 nitrogen and oxygen atoms in total.